The number of phenols is 3. The highest BCUT2D eigenvalue weighted by Crippen LogP contribution is 2.40. The summed E-state index contributed by atoms with van der Waals surface area (Å²) in [5, 5.41) is 61.9. The summed E-state index contributed by atoms with van der Waals surface area (Å²) >= 11 is 0. The molecule has 7 rings (SSSR count). The summed E-state index contributed by atoms with van der Waals surface area (Å²) < 4.78 is 33.4. The monoisotopic (exact) mass is 779 g/mol. The maximum atomic E-state index is 12.6. The van der Waals surface area contributed by atoms with Crippen molar-refractivity contribution in [1.82, 2.24) is 0 Å². The van der Waals surface area contributed by atoms with Crippen LogP contribution in [0.3, 0.4) is 0 Å². The molecule has 7 aromatic carbocycles. The van der Waals surface area contributed by atoms with E-state index in [9.17, 15) is 33.1 Å². The van der Waals surface area contributed by atoms with Gasteiger partial charge in [-0.3, -0.25) is 9.35 Å². The van der Waals surface area contributed by atoms with Gasteiger partial charge >= 0.3 is 0 Å². The number of hydrogen-bond acceptors (Lipinski definition) is 12. The predicted octanol–water partition coefficient (Wildman–Crippen LogP) is 11.8. The molecule has 0 aliphatic carbocycles. The first-order valence-electron chi connectivity index (χ1n) is 17.3. The summed E-state index contributed by atoms with van der Waals surface area (Å²) in [7, 11) is -4.43. The molecule has 0 atom stereocenters. The Hall–Kier alpha value is -7.36. The number of azo groups is 3. The molecule has 0 aromatic heterocycles. The summed E-state index contributed by atoms with van der Waals surface area (Å²) in [6, 6.07) is 30.4. The lowest BCUT2D eigenvalue weighted by Gasteiger charge is -2.09. The number of anilines is 1. The normalized spacial score (nSPS) is 12.1. The Labute approximate surface area is 326 Å². The number of aromatic hydroxyl groups is 3. The molecule has 0 aliphatic heterocycles. The van der Waals surface area contributed by atoms with Gasteiger partial charge in [-0.2, -0.15) is 28.9 Å². The fraction of sp³-hybridized carbons (Fsp3) is 0.0714. The van der Waals surface area contributed by atoms with Crippen molar-refractivity contribution in [2.75, 3.05) is 5.32 Å². The van der Waals surface area contributed by atoms with E-state index >= 15 is 0 Å². The lowest BCUT2D eigenvalue weighted by molar-refractivity contribution is 0.102. The molecule has 5 N–H and O–H groups in total. The molecule has 0 radical (unpaired) electrons. The summed E-state index contributed by atoms with van der Waals surface area (Å²) in [4.78, 5) is 12.4. The van der Waals surface area contributed by atoms with E-state index in [1.54, 1.807) is 85.8 Å². The van der Waals surface area contributed by atoms with Gasteiger partial charge in [-0.1, -0.05) is 24.3 Å². The molecule has 0 saturated carbocycles. The smallest absolute Gasteiger partial charge is 0.295 e. The molecule has 0 unspecified atom stereocenters. The average molecular weight is 780 g/mol. The van der Waals surface area contributed by atoms with Crippen molar-refractivity contribution in [2.24, 2.45) is 30.7 Å². The minimum atomic E-state index is -4.43. The maximum absolute atomic E-state index is 12.6. The summed E-state index contributed by atoms with van der Waals surface area (Å²) in [6.45, 7) is 5.46. The Morgan fingerprint density at radius 2 is 1.16 bits per heavy atom. The molecule has 284 valence electrons. The lowest BCUT2D eigenvalue weighted by Crippen LogP contribution is -2.11. The van der Waals surface area contributed by atoms with Gasteiger partial charge in [0.15, 0.2) is 5.75 Å². The van der Waals surface area contributed by atoms with Crippen LogP contribution in [0.25, 0.3) is 21.5 Å². The molecule has 0 fully saturated rings. The van der Waals surface area contributed by atoms with Crippen LogP contribution < -0.4 is 5.32 Å². The Morgan fingerprint density at radius 1 is 0.561 bits per heavy atom. The lowest BCUT2D eigenvalue weighted by atomic mass is 10.1. The molecule has 57 heavy (non-hydrogen) atoms. The van der Waals surface area contributed by atoms with Crippen LogP contribution in [0, 0.1) is 20.8 Å². The molecule has 0 bridgehead atoms. The van der Waals surface area contributed by atoms with E-state index < -0.39 is 10.1 Å². The highest BCUT2D eigenvalue weighted by Gasteiger charge is 2.15. The van der Waals surface area contributed by atoms with Crippen LogP contribution in [-0.4, -0.2) is 34.2 Å². The molecule has 0 heterocycles. The maximum Gasteiger partial charge on any atom is 0.295 e. The van der Waals surface area contributed by atoms with Crippen LogP contribution in [-0.2, 0) is 10.1 Å². The number of carbonyl (C=O) groups is 1. The quantitative estimate of drug-likeness (QED) is 0.0704. The first-order valence-corrected chi connectivity index (χ1v) is 18.7. The van der Waals surface area contributed by atoms with Crippen molar-refractivity contribution in [3.05, 3.63) is 138 Å². The Balaban J connectivity index is 1.05. The number of carbonyl (C=O) groups excluding carboxylic acids is 1. The number of benzene rings is 7. The Bertz CT molecular complexity index is 2950. The van der Waals surface area contributed by atoms with Gasteiger partial charge in [-0.05, 0) is 133 Å². The first kappa shape index (κ1) is 37.9. The zero-order valence-corrected chi connectivity index (χ0v) is 31.4. The molecular weight excluding hydrogens is 747 g/mol. The van der Waals surface area contributed by atoms with E-state index in [-0.39, 0.29) is 39.4 Å². The number of fused-ring (bicyclic) bond motifs is 2. The largest absolute Gasteiger partial charge is 0.508 e. The molecule has 0 spiro atoms. The summed E-state index contributed by atoms with van der Waals surface area (Å²) in [6.07, 6.45) is 0. The molecule has 0 saturated heterocycles. The van der Waals surface area contributed by atoms with Crippen LogP contribution in [0.5, 0.6) is 17.2 Å². The third kappa shape index (κ3) is 8.34. The Kier molecular flexibility index (Phi) is 10.3. The minimum Gasteiger partial charge on any atom is -0.508 e. The topological polar surface area (TPSA) is 218 Å². The number of nitrogens with one attached hydrogen (secondary N) is 1. The minimum absolute atomic E-state index is 0.0576. The first-order chi connectivity index (χ1) is 27.2. The van der Waals surface area contributed by atoms with Crippen LogP contribution in [0.2, 0.25) is 0 Å². The van der Waals surface area contributed by atoms with Crippen molar-refractivity contribution in [2.45, 2.75) is 25.7 Å². The molecule has 1 amide bonds. The van der Waals surface area contributed by atoms with E-state index in [1.807, 2.05) is 13.8 Å². The predicted molar refractivity (Wildman–Crippen MR) is 217 cm³/mol. The highest BCUT2D eigenvalue weighted by atomic mass is 32.2. The third-order valence-corrected chi connectivity index (χ3v) is 9.98. The number of amides is 1. The van der Waals surface area contributed by atoms with Crippen molar-refractivity contribution in [3.8, 4) is 17.2 Å². The fourth-order valence-electron chi connectivity index (χ4n) is 5.98. The number of nitrogens with zero attached hydrogens (tertiary/aromatic N) is 6. The van der Waals surface area contributed by atoms with Crippen LogP contribution in [0.1, 0.15) is 27.0 Å². The van der Waals surface area contributed by atoms with Crippen molar-refractivity contribution < 1.29 is 33.1 Å². The van der Waals surface area contributed by atoms with Gasteiger partial charge in [0.1, 0.15) is 27.8 Å². The summed E-state index contributed by atoms with van der Waals surface area (Å²) in [5.41, 5.74) is 5.30. The van der Waals surface area contributed by atoms with Gasteiger partial charge in [-0.25, -0.2) is 0 Å². The molecule has 0 aliphatic rings. The van der Waals surface area contributed by atoms with Crippen LogP contribution in [0.15, 0.2) is 151 Å². The van der Waals surface area contributed by atoms with E-state index in [1.165, 1.54) is 36.4 Å². The number of phenolic OH excluding ortho intramolecular Hbond substituents is 3. The summed E-state index contributed by atoms with van der Waals surface area (Å²) in [5.74, 6) is -0.625. The third-order valence-electron chi connectivity index (χ3n) is 9.07. The van der Waals surface area contributed by atoms with Crippen molar-refractivity contribution in [1.29, 1.82) is 0 Å². The number of rotatable bonds is 9. The van der Waals surface area contributed by atoms with Gasteiger partial charge < -0.3 is 20.6 Å². The number of hydrogen-bond donors (Lipinski definition) is 5. The fourth-order valence-corrected chi connectivity index (χ4v) is 6.69. The standard InChI is InChI=1S/C42H33N7O7S/c1-23-18-36(24(2)17-35(23)46-44-30-11-7-26-5-4-6-40(33(26)21-30)57(54,55)56)47-48-37-22-39(51)38(19-25(37)3)49-45-34-16-10-28-20-29(12-15-32(28)41(34)52)43-42(53)27-8-13-31(50)14-9-27/h4-22,50-52H,1-3H3,(H,43,53)(H,54,55,56). The highest BCUT2D eigenvalue weighted by molar-refractivity contribution is 7.86. The molecule has 15 heteroatoms. The van der Waals surface area contributed by atoms with Crippen molar-refractivity contribution in [3.63, 3.8) is 0 Å². The number of aryl methyl sites for hydroxylation is 3. The van der Waals surface area contributed by atoms with E-state index in [2.05, 4.69) is 36.0 Å². The second kappa shape index (κ2) is 15.4. The van der Waals surface area contributed by atoms with Crippen molar-refractivity contribution >= 4 is 77.4 Å². The van der Waals surface area contributed by atoms with Crippen LogP contribution >= 0.6 is 0 Å². The molecular formula is C42H33N7O7S. The van der Waals surface area contributed by atoms with Gasteiger partial charge in [0.05, 0.1) is 22.7 Å². The van der Waals surface area contributed by atoms with E-state index in [4.69, 9.17) is 0 Å². The second-order valence-electron chi connectivity index (χ2n) is 13.2. The van der Waals surface area contributed by atoms with Gasteiger partial charge in [0.25, 0.3) is 16.0 Å². The Morgan fingerprint density at radius 3 is 1.84 bits per heavy atom. The van der Waals surface area contributed by atoms with E-state index in [0.717, 1.165) is 11.1 Å². The average Bonchev–Trinajstić information content (AvgIpc) is 3.18. The second-order valence-corrected chi connectivity index (χ2v) is 14.5. The SMILES string of the molecule is Cc1cc(N=Nc2cc(O)c(N=Nc3ccc4cc(NC(=O)c5ccc(O)cc5)ccc4c3O)cc2C)c(C)cc1N=Nc1ccc2cccc(S(=O)(=O)O)c2c1. The molecule has 7 aromatic rings. The zero-order chi connectivity index (χ0) is 40.4. The van der Waals surface area contributed by atoms with Gasteiger partial charge in [0.2, 0.25) is 0 Å². The van der Waals surface area contributed by atoms with E-state index in [0.29, 0.717) is 61.1 Å². The molecule has 14 nitrogen and oxygen atoms in total. The van der Waals surface area contributed by atoms with Gasteiger partial charge in [-0.15, -0.1) is 10.2 Å². The van der Waals surface area contributed by atoms with Crippen LogP contribution in [0.4, 0.5) is 39.8 Å². The van der Waals surface area contributed by atoms with Gasteiger partial charge in [0, 0.05) is 28.1 Å². The zero-order valence-electron chi connectivity index (χ0n) is 30.6.